The number of hydrogen-bond donors (Lipinski definition) is 0. The Bertz CT molecular complexity index is 1640. The standard InChI is InChI=1S/C18H18F2O7S.C18H18F2O5S/c1-22-14-8-4-12(5-9-14)16(13-6-10-15(23-2)11-7-13)25-17(21)18(19,20)28-27-26-24-3;1-12-4-8-14(9-5-12)16(15-10-6-13(2)7-11-15)23-17(21)18(19,20)26-25-24-22-3/h4-11,16H,1-3H3;4-11,16H,1-3H3. The first-order valence-electron chi connectivity index (χ1n) is 15.4. The van der Waals surface area contributed by atoms with Gasteiger partial charge in [-0.2, -0.15) is 17.6 Å². The Hall–Kier alpha value is -4.40. The van der Waals surface area contributed by atoms with Crippen molar-refractivity contribution in [2.75, 3.05) is 28.4 Å². The summed E-state index contributed by atoms with van der Waals surface area (Å²) in [5, 5.41) is -0.224. The van der Waals surface area contributed by atoms with Crippen molar-refractivity contribution in [2.24, 2.45) is 0 Å². The summed E-state index contributed by atoms with van der Waals surface area (Å²) in [7, 11) is 5.12. The van der Waals surface area contributed by atoms with Crippen LogP contribution in [0.3, 0.4) is 0 Å². The lowest BCUT2D eigenvalue weighted by Crippen LogP contribution is -2.29. The van der Waals surface area contributed by atoms with Crippen LogP contribution in [0.15, 0.2) is 97.1 Å². The summed E-state index contributed by atoms with van der Waals surface area (Å²) in [6, 6.07) is 27.1. The highest BCUT2D eigenvalue weighted by molar-refractivity contribution is 7.96. The molecule has 0 spiro atoms. The van der Waals surface area contributed by atoms with E-state index in [9.17, 15) is 27.2 Å². The van der Waals surface area contributed by atoms with Crippen LogP contribution in [0, 0.1) is 13.8 Å². The summed E-state index contributed by atoms with van der Waals surface area (Å²) in [6.45, 7) is 3.79. The molecule has 0 saturated heterocycles. The normalized spacial score (nSPS) is 11.5. The molecule has 0 saturated carbocycles. The van der Waals surface area contributed by atoms with E-state index in [0.717, 1.165) is 25.3 Å². The van der Waals surface area contributed by atoms with Crippen molar-refractivity contribution in [1.82, 2.24) is 0 Å². The molecule has 0 N–H and O–H groups in total. The third-order valence-electron chi connectivity index (χ3n) is 6.99. The maximum absolute atomic E-state index is 14.0. The minimum Gasteiger partial charge on any atom is -0.497 e. The maximum Gasteiger partial charge on any atom is 0.415 e. The fourth-order valence-corrected chi connectivity index (χ4v) is 4.85. The zero-order valence-electron chi connectivity index (χ0n) is 29.6. The molecular formula is C36H36F4O12S2. The first-order chi connectivity index (χ1) is 25.7. The van der Waals surface area contributed by atoms with E-state index in [0.29, 0.717) is 33.8 Å². The van der Waals surface area contributed by atoms with E-state index in [-0.39, 0.29) is 0 Å². The molecule has 292 valence electrons. The predicted octanol–water partition coefficient (Wildman–Crippen LogP) is 8.77. The molecule has 0 aliphatic rings. The second kappa shape index (κ2) is 21.5. The number of rotatable bonds is 18. The molecule has 54 heavy (non-hydrogen) atoms. The van der Waals surface area contributed by atoms with Gasteiger partial charge in [-0.15, -0.1) is 8.67 Å². The van der Waals surface area contributed by atoms with Gasteiger partial charge in [-0.3, -0.25) is 0 Å². The van der Waals surface area contributed by atoms with Gasteiger partial charge in [0.05, 0.1) is 28.4 Å². The number of carbonyl (C=O) groups is 2. The monoisotopic (exact) mass is 800 g/mol. The number of esters is 2. The van der Waals surface area contributed by atoms with Crippen LogP contribution in [0.4, 0.5) is 17.6 Å². The van der Waals surface area contributed by atoms with Crippen LogP contribution in [-0.4, -0.2) is 50.9 Å². The highest BCUT2D eigenvalue weighted by atomic mass is 32.2. The van der Waals surface area contributed by atoms with E-state index in [1.807, 2.05) is 38.1 Å². The lowest BCUT2D eigenvalue weighted by atomic mass is 9.99. The average Bonchev–Trinajstić information content (AvgIpc) is 3.17. The van der Waals surface area contributed by atoms with E-state index in [1.54, 1.807) is 72.8 Å². The molecule has 4 aromatic rings. The van der Waals surface area contributed by atoms with Crippen molar-refractivity contribution in [3.63, 3.8) is 0 Å². The minimum absolute atomic E-state index is 0.467. The fourth-order valence-electron chi connectivity index (χ4n) is 4.29. The highest BCUT2D eigenvalue weighted by Gasteiger charge is 2.46. The van der Waals surface area contributed by atoms with Crippen molar-refractivity contribution in [2.45, 2.75) is 36.6 Å². The Kier molecular flexibility index (Phi) is 17.5. The molecule has 0 aliphatic carbocycles. The molecule has 0 bridgehead atoms. The van der Waals surface area contributed by atoms with Gasteiger partial charge < -0.3 is 18.9 Å². The predicted molar refractivity (Wildman–Crippen MR) is 188 cm³/mol. The molecule has 0 aromatic heterocycles. The van der Waals surface area contributed by atoms with Crippen molar-refractivity contribution in [3.05, 3.63) is 130 Å². The van der Waals surface area contributed by atoms with Crippen molar-refractivity contribution < 1.29 is 74.6 Å². The van der Waals surface area contributed by atoms with Crippen LogP contribution in [-0.2, 0) is 47.6 Å². The van der Waals surface area contributed by atoms with E-state index < -0.39 is 58.7 Å². The molecule has 0 amide bonds. The summed E-state index contributed by atoms with van der Waals surface area (Å²) in [4.78, 5) is 32.1. The van der Waals surface area contributed by atoms with E-state index >= 15 is 0 Å². The minimum atomic E-state index is -4.03. The summed E-state index contributed by atoms with van der Waals surface area (Å²) in [6.07, 6.45) is -2.09. The smallest absolute Gasteiger partial charge is 0.415 e. The number of ether oxygens (including phenoxy) is 4. The Morgan fingerprint density at radius 1 is 0.500 bits per heavy atom. The van der Waals surface area contributed by atoms with Crippen molar-refractivity contribution >= 4 is 36.0 Å². The Morgan fingerprint density at radius 3 is 1.04 bits per heavy atom. The molecule has 0 heterocycles. The largest absolute Gasteiger partial charge is 0.497 e. The number of halogens is 4. The molecule has 0 unspecified atom stereocenters. The second-order valence-corrected chi connectivity index (χ2v) is 12.4. The first-order valence-corrected chi connectivity index (χ1v) is 16.9. The summed E-state index contributed by atoms with van der Waals surface area (Å²) in [5.41, 5.74) is 4.07. The van der Waals surface area contributed by atoms with Crippen LogP contribution < -0.4 is 9.47 Å². The Balaban J connectivity index is 0.000000291. The van der Waals surface area contributed by atoms with Crippen LogP contribution in [0.25, 0.3) is 0 Å². The second-order valence-electron chi connectivity index (χ2n) is 10.7. The zero-order valence-corrected chi connectivity index (χ0v) is 31.3. The van der Waals surface area contributed by atoms with E-state index in [4.69, 9.17) is 18.9 Å². The third kappa shape index (κ3) is 13.5. The number of carbonyl (C=O) groups excluding carboxylic acids is 2. The SMILES string of the molecule is COOOSC(F)(F)C(=O)OC(c1ccc(C)cc1)c1ccc(C)cc1.COOOSC(F)(F)C(=O)OC(c1ccc(OC)cc1)c1ccc(OC)cc1. The molecule has 18 heteroatoms. The van der Waals surface area contributed by atoms with Gasteiger partial charge in [0.25, 0.3) is 0 Å². The van der Waals surface area contributed by atoms with Gasteiger partial charge in [0.15, 0.2) is 12.2 Å². The molecule has 0 radical (unpaired) electrons. The molecule has 12 nitrogen and oxygen atoms in total. The number of alkyl halides is 4. The van der Waals surface area contributed by atoms with Crippen LogP contribution in [0.2, 0.25) is 0 Å². The fraction of sp³-hybridized carbons (Fsp3) is 0.278. The third-order valence-corrected chi connectivity index (χ3v) is 7.99. The first kappa shape index (κ1) is 44.0. The highest BCUT2D eigenvalue weighted by Crippen LogP contribution is 2.37. The van der Waals surface area contributed by atoms with Crippen molar-refractivity contribution in [3.8, 4) is 11.5 Å². The lowest BCUT2D eigenvalue weighted by Gasteiger charge is -2.21. The van der Waals surface area contributed by atoms with Crippen molar-refractivity contribution in [1.29, 1.82) is 0 Å². The van der Waals surface area contributed by atoms with Gasteiger partial charge in [-0.1, -0.05) is 94.0 Å². The topological polar surface area (TPSA) is 126 Å². The molecule has 0 aliphatic heterocycles. The van der Waals surface area contributed by atoms with E-state index in [1.165, 1.54) is 14.2 Å². The lowest BCUT2D eigenvalue weighted by molar-refractivity contribution is -0.448. The van der Waals surface area contributed by atoms with Gasteiger partial charge in [0.1, 0.15) is 35.6 Å². The summed E-state index contributed by atoms with van der Waals surface area (Å²) in [5.74, 6) is -2.44. The Labute approximate surface area is 316 Å². The molecule has 4 aromatic carbocycles. The van der Waals surface area contributed by atoms with Crippen LogP contribution in [0.5, 0.6) is 11.5 Å². The number of hydrogen-bond acceptors (Lipinski definition) is 14. The number of benzene rings is 4. The maximum atomic E-state index is 14.0. The van der Waals surface area contributed by atoms with Gasteiger partial charge in [0.2, 0.25) is 0 Å². The number of methoxy groups -OCH3 is 2. The van der Waals surface area contributed by atoms with Gasteiger partial charge >= 0.3 is 22.4 Å². The molecule has 0 fully saturated rings. The van der Waals surface area contributed by atoms with Gasteiger partial charge in [-0.25, -0.2) is 19.4 Å². The van der Waals surface area contributed by atoms with E-state index in [2.05, 4.69) is 28.5 Å². The van der Waals surface area contributed by atoms with Gasteiger partial charge in [0, 0.05) is 0 Å². The summed E-state index contributed by atoms with van der Waals surface area (Å²) < 4.78 is 84.1. The number of aryl methyl sites for hydroxylation is 2. The summed E-state index contributed by atoms with van der Waals surface area (Å²) >= 11 is -1.05. The molecular weight excluding hydrogens is 765 g/mol. The van der Waals surface area contributed by atoms with Gasteiger partial charge in [-0.05, 0) is 60.4 Å². The molecule has 4 rings (SSSR count). The van der Waals surface area contributed by atoms with Crippen LogP contribution in [0.1, 0.15) is 45.6 Å². The average molecular weight is 801 g/mol. The quantitative estimate of drug-likeness (QED) is 0.0238. The van der Waals surface area contributed by atoms with Crippen LogP contribution >= 0.6 is 24.1 Å². The zero-order chi connectivity index (χ0) is 39.7. The Morgan fingerprint density at radius 2 is 0.778 bits per heavy atom. The molecule has 0 atom stereocenters.